The molecule has 2 amide bonds. The molecule has 3 aromatic rings. The quantitative estimate of drug-likeness (QED) is 0.239. The van der Waals surface area contributed by atoms with Crippen LogP contribution in [0.3, 0.4) is 0 Å². The van der Waals surface area contributed by atoms with Gasteiger partial charge in [-0.15, -0.1) is 11.6 Å². The molecule has 0 aliphatic carbocycles. The van der Waals surface area contributed by atoms with E-state index in [4.69, 9.17) is 22.1 Å². The number of benzene rings is 2. The van der Waals surface area contributed by atoms with Crippen molar-refractivity contribution in [3.05, 3.63) is 72.1 Å². The van der Waals surface area contributed by atoms with Crippen LogP contribution >= 0.6 is 11.6 Å². The number of nitrogens with zero attached hydrogens (tertiary/aromatic N) is 4. The Kier molecular flexibility index (Phi) is 9.57. The fraction of sp³-hybridized carbons (Fsp3) is 0.310. The number of hydrogen-bond donors (Lipinski definition) is 3. The number of likely N-dealkylation sites (N-methyl/N-ethyl adjacent to an activating group) is 1. The van der Waals surface area contributed by atoms with Gasteiger partial charge in [-0.3, -0.25) is 9.59 Å². The van der Waals surface area contributed by atoms with Crippen molar-refractivity contribution >= 4 is 46.3 Å². The minimum atomic E-state index is -0.702. The summed E-state index contributed by atoms with van der Waals surface area (Å²) in [6.45, 7) is 7.81. The Hall–Kier alpha value is -4.15. The minimum absolute atomic E-state index is 0.0197. The fourth-order valence-electron chi connectivity index (χ4n) is 4.18. The number of carbonyl (C=O) groups excluding carboxylic acids is 2. The summed E-state index contributed by atoms with van der Waals surface area (Å²) in [6, 6.07) is 14.8. The number of ether oxygens (including phenoxy) is 1. The molecule has 0 spiro atoms. The molecule has 2 aromatic carbocycles. The van der Waals surface area contributed by atoms with E-state index in [0.29, 0.717) is 17.1 Å². The number of rotatable bonds is 10. The largest absolute Gasteiger partial charge is 0.437 e. The topological polar surface area (TPSA) is 126 Å². The van der Waals surface area contributed by atoms with Crippen molar-refractivity contribution in [2.45, 2.75) is 19.8 Å². The van der Waals surface area contributed by atoms with Gasteiger partial charge in [0, 0.05) is 67.2 Å². The van der Waals surface area contributed by atoms with Crippen molar-refractivity contribution in [3.63, 3.8) is 0 Å². The normalized spacial score (nSPS) is 14.0. The first kappa shape index (κ1) is 28.8. The number of nitrogens with two attached hydrogens (primary N) is 1. The maximum atomic E-state index is 12.3. The molecule has 1 fully saturated rings. The van der Waals surface area contributed by atoms with E-state index in [2.05, 4.69) is 37.4 Å². The fourth-order valence-corrected chi connectivity index (χ4v) is 4.27. The van der Waals surface area contributed by atoms with Crippen molar-refractivity contribution in [2.75, 3.05) is 54.6 Å². The van der Waals surface area contributed by atoms with E-state index >= 15 is 0 Å². The number of allylic oxidation sites excluding steroid dienone is 1. The summed E-state index contributed by atoms with van der Waals surface area (Å²) in [7, 11) is 2.13. The smallest absolute Gasteiger partial charge is 0.271 e. The van der Waals surface area contributed by atoms with E-state index in [0.717, 1.165) is 37.6 Å². The highest BCUT2D eigenvalue weighted by atomic mass is 35.5. The molecular weight excluding hydrogens is 530 g/mol. The van der Waals surface area contributed by atoms with Crippen LogP contribution in [0.1, 0.15) is 35.9 Å². The number of aromatic nitrogens is 2. The number of anilines is 4. The van der Waals surface area contributed by atoms with Gasteiger partial charge < -0.3 is 30.9 Å². The molecule has 1 aliphatic rings. The van der Waals surface area contributed by atoms with Crippen LogP contribution in [0, 0.1) is 0 Å². The van der Waals surface area contributed by atoms with Gasteiger partial charge in [0.25, 0.3) is 5.91 Å². The molecule has 0 bridgehead atoms. The lowest BCUT2D eigenvalue weighted by atomic mass is 10.1. The first-order valence-corrected chi connectivity index (χ1v) is 13.6. The zero-order valence-electron chi connectivity index (χ0n) is 22.9. The summed E-state index contributed by atoms with van der Waals surface area (Å²) in [6.07, 6.45) is 2.91. The minimum Gasteiger partial charge on any atom is -0.437 e. The molecule has 4 N–H and O–H groups in total. The lowest BCUT2D eigenvalue weighted by molar-refractivity contribution is -0.111. The van der Waals surface area contributed by atoms with Gasteiger partial charge in [-0.1, -0.05) is 26.0 Å². The van der Waals surface area contributed by atoms with Gasteiger partial charge in [0.15, 0.2) is 11.5 Å². The SMILES string of the molecule is CC(C)c1nc(C(N)=O)c(Nc2ccc(N3CCN(C)CC3)cc2)nc1Oc1cccc(NC(=O)C=CCCl)c1. The van der Waals surface area contributed by atoms with Crippen LogP contribution in [0.15, 0.2) is 60.7 Å². The zero-order valence-corrected chi connectivity index (χ0v) is 23.6. The summed E-state index contributed by atoms with van der Waals surface area (Å²) in [5, 5.41) is 5.94. The van der Waals surface area contributed by atoms with Gasteiger partial charge in [0.2, 0.25) is 11.8 Å². The molecule has 1 aromatic heterocycles. The number of primary amides is 1. The number of piperazine rings is 1. The third kappa shape index (κ3) is 7.49. The highest BCUT2D eigenvalue weighted by molar-refractivity contribution is 6.19. The summed E-state index contributed by atoms with van der Waals surface area (Å²) in [4.78, 5) is 38.2. The monoisotopic (exact) mass is 563 g/mol. The van der Waals surface area contributed by atoms with E-state index < -0.39 is 5.91 Å². The number of amides is 2. The van der Waals surface area contributed by atoms with Crippen LogP contribution in [-0.2, 0) is 4.79 Å². The highest BCUT2D eigenvalue weighted by Gasteiger charge is 2.22. The molecule has 4 rings (SSSR count). The summed E-state index contributed by atoms with van der Waals surface area (Å²) in [5.74, 6) is -0.0306. The van der Waals surface area contributed by atoms with Gasteiger partial charge in [-0.25, -0.2) is 4.98 Å². The van der Waals surface area contributed by atoms with Crippen LogP contribution in [0.5, 0.6) is 11.6 Å². The average Bonchev–Trinajstić information content (AvgIpc) is 2.93. The first-order valence-electron chi connectivity index (χ1n) is 13.1. The number of alkyl halides is 1. The van der Waals surface area contributed by atoms with Gasteiger partial charge in [0.05, 0.1) is 0 Å². The van der Waals surface area contributed by atoms with E-state index in [1.807, 2.05) is 38.1 Å². The van der Waals surface area contributed by atoms with Crippen LogP contribution in [0.25, 0.3) is 0 Å². The number of carbonyl (C=O) groups is 2. The van der Waals surface area contributed by atoms with Crippen molar-refractivity contribution in [2.24, 2.45) is 5.73 Å². The van der Waals surface area contributed by atoms with Crippen LogP contribution in [0.4, 0.5) is 22.9 Å². The maximum Gasteiger partial charge on any atom is 0.271 e. The molecule has 0 atom stereocenters. The molecule has 1 saturated heterocycles. The van der Waals surface area contributed by atoms with Crippen LogP contribution in [-0.4, -0.2) is 65.8 Å². The molecule has 11 heteroatoms. The Morgan fingerprint density at radius 2 is 1.80 bits per heavy atom. The average molecular weight is 564 g/mol. The van der Waals surface area contributed by atoms with Crippen LogP contribution in [0.2, 0.25) is 0 Å². The molecule has 10 nitrogen and oxygen atoms in total. The van der Waals surface area contributed by atoms with Gasteiger partial charge in [-0.05, 0) is 43.4 Å². The molecule has 210 valence electrons. The zero-order chi connectivity index (χ0) is 28.6. The number of halogens is 1. The van der Waals surface area contributed by atoms with E-state index in [9.17, 15) is 9.59 Å². The van der Waals surface area contributed by atoms with Crippen LogP contribution < -0.4 is 26.0 Å². The second kappa shape index (κ2) is 13.3. The molecule has 0 unspecified atom stereocenters. The number of hydrogen-bond acceptors (Lipinski definition) is 8. The summed E-state index contributed by atoms with van der Waals surface area (Å²) in [5.41, 5.74) is 8.58. The van der Waals surface area contributed by atoms with Gasteiger partial charge in [-0.2, -0.15) is 4.98 Å². The van der Waals surface area contributed by atoms with E-state index in [1.54, 1.807) is 30.3 Å². The maximum absolute atomic E-state index is 12.3. The highest BCUT2D eigenvalue weighted by Crippen LogP contribution is 2.32. The standard InChI is InChI=1S/C29H34ClN7O3/c1-19(2)25-29(40-23-7-4-6-21(18-23)32-24(38)8-5-13-30)35-28(26(34-25)27(31)39)33-20-9-11-22(12-10-20)37-16-14-36(3)15-17-37/h4-12,18-19H,13-17H2,1-3H3,(H2,31,39)(H,32,38)(H,33,35). The Balaban J connectivity index is 1.59. The second-order valence-electron chi connectivity index (χ2n) is 9.77. The third-order valence-corrected chi connectivity index (χ3v) is 6.52. The Labute approximate surface area is 239 Å². The van der Waals surface area contributed by atoms with E-state index in [1.165, 1.54) is 6.08 Å². The molecule has 1 aliphatic heterocycles. The van der Waals surface area contributed by atoms with Crippen molar-refractivity contribution < 1.29 is 14.3 Å². The number of nitrogens with one attached hydrogen (secondary N) is 2. The van der Waals surface area contributed by atoms with Crippen molar-refractivity contribution in [3.8, 4) is 11.6 Å². The first-order chi connectivity index (χ1) is 19.2. The molecule has 0 radical (unpaired) electrons. The summed E-state index contributed by atoms with van der Waals surface area (Å²) < 4.78 is 6.13. The van der Waals surface area contributed by atoms with Gasteiger partial charge >= 0.3 is 0 Å². The summed E-state index contributed by atoms with van der Waals surface area (Å²) >= 11 is 5.61. The second-order valence-corrected chi connectivity index (χ2v) is 10.1. The molecule has 2 heterocycles. The molecule has 40 heavy (non-hydrogen) atoms. The van der Waals surface area contributed by atoms with Crippen molar-refractivity contribution in [1.82, 2.24) is 14.9 Å². The molecular formula is C29H34ClN7O3. The van der Waals surface area contributed by atoms with Crippen molar-refractivity contribution in [1.29, 1.82) is 0 Å². The lowest BCUT2D eigenvalue weighted by Gasteiger charge is -2.34. The van der Waals surface area contributed by atoms with Gasteiger partial charge in [0.1, 0.15) is 11.4 Å². The predicted octanol–water partition coefficient (Wildman–Crippen LogP) is 4.72. The predicted molar refractivity (Wildman–Crippen MR) is 159 cm³/mol. The molecule has 0 saturated carbocycles. The Morgan fingerprint density at radius 1 is 1.07 bits per heavy atom. The third-order valence-electron chi connectivity index (χ3n) is 6.34. The Morgan fingerprint density at radius 3 is 2.45 bits per heavy atom. The lowest BCUT2D eigenvalue weighted by Crippen LogP contribution is -2.44. The Bertz CT molecular complexity index is 1370. The van der Waals surface area contributed by atoms with E-state index in [-0.39, 0.29) is 35.1 Å².